The molecule has 1 aromatic rings. The van der Waals surface area contributed by atoms with E-state index in [9.17, 15) is 4.39 Å². The summed E-state index contributed by atoms with van der Waals surface area (Å²) in [6, 6.07) is 4.87. The van der Waals surface area contributed by atoms with Gasteiger partial charge < -0.3 is 5.32 Å². The highest BCUT2D eigenvalue weighted by Crippen LogP contribution is 2.25. The lowest BCUT2D eigenvalue weighted by Gasteiger charge is -2.19. The van der Waals surface area contributed by atoms with E-state index in [1.807, 2.05) is 13.8 Å². The van der Waals surface area contributed by atoms with Gasteiger partial charge in [-0.2, -0.15) is 0 Å². The van der Waals surface area contributed by atoms with E-state index < -0.39 is 0 Å². The van der Waals surface area contributed by atoms with Crippen molar-refractivity contribution < 1.29 is 4.39 Å². The Bertz CT molecular complexity index is 390. The molecule has 0 saturated heterocycles. The third kappa shape index (κ3) is 4.49. The van der Waals surface area contributed by atoms with E-state index in [4.69, 9.17) is 11.6 Å². The molecule has 0 spiro atoms. The van der Waals surface area contributed by atoms with Crippen LogP contribution in [0.15, 0.2) is 30.4 Å². The number of hydrogen-bond donors (Lipinski definition) is 1. The molecule has 0 fully saturated rings. The van der Waals surface area contributed by atoms with Crippen LogP contribution in [0.1, 0.15) is 38.3 Å². The molecule has 1 unspecified atom stereocenters. The first-order chi connectivity index (χ1) is 8.04. The molecule has 0 aromatic heterocycles. The largest absolute Gasteiger partial charge is 0.310 e. The lowest BCUT2D eigenvalue weighted by atomic mass is 9.99. The van der Waals surface area contributed by atoms with Crippen LogP contribution in [-0.4, -0.2) is 6.54 Å². The predicted octanol–water partition coefficient (Wildman–Crippen LogP) is 4.49. The third-order valence-corrected chi connectivity index (χ3v) is 2.88. The first-order valence-electron chi connectivity index (χ1n) is 5.87. The molecule has 94 valence electrons. The van der Waals surface area contributed by atoms with Gasteiger partial charge in [0.2, 0.25) is 0 Å². The van der Waals surface area contributed by atoms with Crippen molar-refractivity contribution in [2.24, 2.45) is 0 Å². The van der Waals surface area contributed by atoms with E-state index in [0.717, 1.165) is 25.0 Å². The maximum Gasteiger partial charge on any atom is 0.129 e. The first kappa shape index (κ1) is 14.2. The zero-order valence-electron chi connectivity index (χ0n) is 10.4. The van der Waals surface area contributed by atoms with Gasteiger partial charge in [0.25, 0.3) is 0 Å². The minimum Gasteiger partial charge on any atom is -0.310 e. The van der Waals surface area contributed by atoms with Gasteiger partial charge in [0.1, 0.15) is 5.82 Å². The predicted molar refractivity (Wildman–Crippen MR) is 71.9 cm³/mol. The maximum atomic E-state index is 13.8. The van der Waals surface area contributed by atoms with Crippen molar-refractivity contribution in [3.05, 3.63) is 46.8 Å². The zero-order valence-corrected chi connectivity index (χ0v) is 11.1. The zero-order chi connectivity index (χ0) is 12.8. The summed E-state index contributed by atoms with van der Waals surface area (Å²) >= 11 is 5.75. The summed E-state index contributed by atoms with van der Waals surface area (Å²) in [5, 5.41) is 3.72. The van der Waals surface area contributed by atoms with Crippen molar-refractivity contribution in [3.63, 3.8) is 0 Å². The normalized spacial score (nSPS) is 12.5. The molecule has 17 heavy (non-hydrogen) atoms. The van der Waals surface area contributed by atoms with Gasteiger partial charge in [0.05, 0.1) is 0 Å². The monoisotopic (exact) mass is 255 g/mol. The van der Waals surface area contributed by atoms with Crippen molar-refractivity contribution in [1.29, 1.82) is 0 Å². The molecule has 0 amide bonds. The molecule has 0 saturated carbocycles. The van der Waals surface area contributed by atoms with E-state index in [0.29, 0.717) is 10.6 Å². The Kier molecular flexibility index (Phi) is 5.66. The van der Waals surface area contributed by atoms with E-state index in [2.05, 4.69) is 11.9 Å². The smallest absolute Gasteiger partial charge is 0.129 e. The molecule has 0 aliphatic carbocycles. The fourth-order valence-electron chi connectivity index (χ4n) is 1.79. The minimum absolute atomic E-state index is 0.0222. The Balaban J connectivity index is 2.84. The lowest BCUT2D eigenvalue weighted by molar-refractivity contribution is 0.485. The molecule has 0 aliphatic rings. The van der Waals surface area contributed by atoms with Crippen LogP contribution in [0.3, 0.4) is 0 Å². The topological polar surface area (TPSA) is 12.0 Å². The van der Waals surface area contributed by atoms with E-state index in [-0.39, 0.29) is 11.9 Å². The highest BCUT2D eigenvalue weighted by atomic mass is 35.5. The molecule has 0 radical (unpaired) electrons. The maximum absolute atomic E-state index is 13.8. The van der Waals surface area contributed by atoms with Gasteiger partial charge in [-0.25, -0.2) is 4.39 Å². The fourth-order valence-corrected chi connectivity index (χ4v) is 1.95. The Morgan fingerprint density at radius 3 is 2.76 bits per heavy atom. The fraction of sp³-hybridized carbons (Fsp3) is 0.429. The van der Waals surface area contributed by atoms with Gasteiger partial charge in [-0.15, -0.1) is 6.58 Å². The Labute approximate surface area is 108 Å². The quantitative estimate of drug-likeness (QED) is 0.739. The standard InChI is InChI=1S/C14H19ClFN/c1-4-17-14(8-5-10(2)3)12-7-6-11(15)9-13(12)16/h6-7,9,14,17H,2,4-5,8H2,1,3H3. The molecular formula is C14H19ClFN. The summed E-state index contributed by atoms with van der Waals surface area (Å²) in [6.45, 7) is 8.69. The molecule has 0 heterocycles. The summed E-state index contributed by atoms with van der Waals surface area (Å²) in [7, 11) is 0. The second-order valence-corrected chi connectivity index (χ2v) is 4.71. The van der Waals surface area contributed by atoms with Crippen molar-refractivity contribution >= 4 is 11.6 Å². The van der Waals surface area contributed by atoms with Crippen LogP contribution in [-0.2, 0) is 0 Å². The lowest BCUT2D eigenvalue weighted by Crippen LogP contribution is -2.22. The number of benzene rings is 1. The van der Waals surface area contributed by atoms with Crippen molar-refractivity contribution in [3.8, 4) is 0 Å². The average molecular weight is 256 g/mol. The molecule has 1 rings (SSSR count). The second-order valence-electron chi connectivity index (χ2n) is 4.27. The van der Waals surface area contributed by atoms with Crippen LogP contribution in [0.5, 0.6) is 0 Å². The number of nitrogens with one attached hydrogen (secondary N) is 1. The number of rotatable bonds is 6. The van der Waals surface area contributed by atoms with Crippen LogP contribution >= 0.6 is 11.6 Å². The first-order valence-corrected chi connectivity index (χ1v) is 6.25. The molecule has 1 atom stereocenters. The Morgan fingerprint density at radius 1 is 1.53 bits per heavy atom. The van der Waals surface area contributed by atoms with Gasteiger partial charge in [0, 0.05) is 16.6 Å². The average Bonchev–Trinajstić information content (AvgIpc) is 2.24. The highest BCUT2D eigenvalue weighted by molar-refractivity contribution is 6.30. The second kappa shape index (κ2) is 6.77. The highest BCUT2D eigenvalue weighted by Gasteiger charge is 2.14. The number of halogens is 2. The van der Waals surface area contributed by atoms with Crippen molar-refractivity contribution in [2.45, 2.75) is 32.7 Å². The number of hydrogen-bond acceptors (Lipinski definition) is 1. The third-order valence-electron chi connectivity index (χ3n) is 2.65. The van der Waals surface area contributed by atoms with Crippen molar-refractivity contribution in [1.82, 2.24) is 5.32 Å². The molecule has 1 N–H and O–H groups in total. The molecule has 1 aromatic carbocycles. The van der Waals surface area contributed by atoms with E-state index >= 15 is 0 Å². The van der Waals surface area contributed by atoms with Gasteiger partial charge in [-0.3, -0.25) is 0 Å². The van der Waals surface area contributed by atoms with Crippen LogP contribution in [0.2, 0.25) is 5.02 Å². The van der Waals surface area contributed by atoms with Crippen LogP contribution in [0.4, 0.5) is 4.39 Å². The van der Waals surface area contributed by atoms with Gasteiger partial charge in [-0.1, -0.05) is 30.2 Å². The Morgan fingerprint density at radius 2 is 2.24 bits per heavy atom. The molecule has 3 heteroatoms. The summed E-state index contributed by atoms with van der Waals surface area (Å²) in [6.07, 6.45) is 1.74. The summed E-state index contributed by atoms with van der Waals surface area (Å²) in [5.74, 6) is -0.245. The van der Waals surface area contributed by atoms with Gasteiger partial charge >= 0.3 is 0 Å². The van der Waals surface area contributed by atoms with Crippen molar-refractivity contribution in [2.75, 3.05) is 6.54 Å². The van der Waals surface area contributed by atoms with Crippen LogP contribution in [0, 0.1) is 5.82 Å². The summed E-state index contributed by atoms with van der Waals surface area (Å²) < 4.78 is 13.8. The van der Waals surface area contributed by atoms with Crippen LogP contribution < -0.4 is 5.32 Å². The molecule has 1 nitrogen and oxygen atoms in total. The van der Waals surface area contributed by atoms with Crippen LogP contribution in [0.25, 0.3) is 0 Å². The summed E-state index contributed by atoms with van der Waals surface area (Å²) in [4.78, 5) is 0. The summed E-state index contributed by atoms with van der Waals surface area (Å²) in [5.41, 5.74) is 1.79. The molecule has 0 bridgehead atoms. The van der Waals surface area contributed by atoms with Gasteiger partial charge in [0.15, 0.2) is 0 Å². The SMILES string of the molecule is C=C(C)CCC(NCC)c1ccc(Cl)cc1F. The minimum atomic E-state index is -0.245. The van der Waals surface area contributed by atoms with E-state index in [1.54, 1.807) is 12.1 Å². The molecule has 0 aliphatic heterocycles. The van der Waals surface area contributed by atoms with E-state index in [1.165, 1.54) is 6.07 Å². The Hall–Kier alpha value is -0.860. The number of allylic oxidation sites excluding steroid dienone is 1. The van der Waals surface area contributed by atoms with Gasteiger partial charge in [-0.05, 0) is 38.4 Å². The molecular weight excluding hydrogens is 237 g/mol.